The largest absolute Gasteiger partial charge is 0.465 e. The van der Waals surface area contributed by atoms with Crippen LogP contribution < -0.4 is 0 Å². The summed E-state index contributed by atoms with van der Waals surface area (Å²) in [7, 11) is 1.39. The highest BCUT2D eigenvalue weighted by atomic mass is 32.1. The third-order valence-electron chi connectivity index (χ3n) is 3.27. The number of carbonyl (C=O) groups is 3. The van der Waals surface area contributed by atoms with E-state index in [4.69, 9.17) is 5.11 Å². The van der Waals surface area contributed by atoms with Crippen molar-refractivity contribution in [2.75, 3.05) is 13.6 Å². The van der Waals surface area contributed by atoms with Crippen LogP contribution in [0.25, 0.3) is 0 Å². The van der Waals surface area contributed by atoms with Gasteiger partial charge in [-0.1, -0.05) is 0 Å². The lowest BCUT2D eigenvalue weighted by Gasteiger charge is -2.13. The molecule has 11 heteroatoms. The van der Waals surface area contributed by atoms with Gasteiger partial charge in [0.15, 0.2) is 11.6 Å². The van der Waals surface area contributed by atoms with E-state index in [1.54, 1.807) is 0 Å². The minimum absolute atomic E-state index is 0.00424. The molecule has 1 unspecified atom stereocenters. The van der Waals surface area contributed by atoms with Gasteiger partial charge in [-0.25, -0.2) is 4.79 Å². The highest BCUT2D eigenvalue weighted by Crippen LogP contribution is 2.18. The fourth-order valence-corrected chi connectivity index (χ4v) is 2.31. The highest BCUT2D eigenvalue weighted by Gasteiger charge is 2.35. The molecule has 0 aliphatic carbocycles. The number of amides is 3. The molecule has 2 heterocycles. The first-order chi connectivity index (χ1) is 10.9. The van der Waals surface area contributed by atoms with Crippen molar-refractivity contribution in [1.82, 2.24) is 30.2 Å². The van der Waals surface area contributed by atoms with Gasteiger partial charge < -0.3 is 10.0 Å². The maximum atomic E-state index is 11.7. The normalized spacial score (nSPS) is 17.7. The van der Waals surface area contributed by atoms with Crippen LogP contribution in [0.15, 0.2) is 0 Å². The molecule has 2 rings (SSSR count). The lowest BCUT2D eigenvalue weighted by atomic mass is 10.3. The minimum Gasteiger partial charge on any atom is -0.465 e. The van der Waals surface area contributed by atoms with E-state index in [-0.39, 0.29) is 37.1 Å². The fraction of sp³-hybridized carbons (Fsp3) is 0.583. The van der Waals surface area contributed by atoms with Gasteiger partial charge in [0, 0.05) is 26.4 Å². The highest BCUT2D eigenvalue weighted by molar-refractivity contribution is 7.81. The molecule has 1 N–H and O–H groups in total. The lowest BCUT2D eigenvalue weighted by Crippen LogP contribution is -2.32. The molecule has 23 heavy (non-hydrogen) atoms. The van der Waals surface area contributed by atoms with E-state index in [9.17, 15) is 14.4 Å². The Kier molecular flexibility index (Phi) is 5.42. The van der Waals surface area contributed by atoms with Crippen molar-refractivity contribution < 1.29 is 19.5 Å². The Morgan fingerprint density at radius 1 is 1.30 bits per heavy atom. The number of imide groups is 1. The number of aromatic nitrogens is 4. The first-order valence-corrected chi connectivity index (χ1v) is 7.41. The fourth-order valence-electron chi connectivity index (χ4n) is 2.01. The van der Waals surface area contributed by atoms with E-state index >= 15 is 0 Å². The number of carbonyl (C=O) groups excluding carboxylic acids is 2. The number of likely N-dealkylation sites (tertiary alicyclic amines) is 1. The molecule has 0 spiro atoms. The average Bonchev–Trinajstić information content (AvgIpc) is 2.75. The second-order valence-electron chi connectivity index (χ2n) is 5.08. The number of hydrogen-bond acceptors (Lipinski definition) is 8. The molecule has 0 aromatic carbocycles. The number of rotatable bonds is 6. The summed E-state index contributed by atoms with van der Waals surface area (Å²) in [5.74, 6) is 0.0662. The Morgan fingerprint density at radius 3 is 2.43 bits per heavy atom. The van der Waals surface area contributed by atoms with Gasteiger partial charge >= 0.3 is 6.09 Å². The van der Waals surface area contributed by atoms with E-state index in [0.717, 1.165) is 4.90 Å². The second-order valence-corrected chi connectivity index (χ2v) is 5.70. The molecular weight excluding hydrogens is 324 g/mol. The molecule has 10 nitrogen and oxygen atoms in total. The second kappa shape index (κ2) is 7.31. The molecule has 1 fully saturated rings. The lowest BCUT2D eigenvalue weighted by molar-refractivity contribution is -0.138. The van der Waals surface area contributed by atoms with Crippen LogP contribution in [0.4, 0.5) is 4.79 Å². The van der Waals surface area contributed by atoms with E-state index < -0.39 is 11.3 Å². The molecular formula is C12H16N6O4S. The molecule has 3 amide bonds. The van der Waals surface area contributed by atoms with Gasteiger partial charge in [0.1, 0.15) is 0 Å². The summed E-state index contributed by atoms with van der Waals surface area (Å²) >= 11 is 4.05. The van der Waals surface area contributed by atoms with Crippen LogP contribution in [-0.4, -0.2) is 72.1 Å². The molecule has 1 aromatic rings. The van der Waals surface area contributed by atoms with Gasteiger partial charge in [-0.15, -0.1) is 20.4 Å². The SMILES string of the molecule is CN(Cc1nnc(CCCN2C(=O)CC(S)C2=O)nn1)C(=O)O. The van der Waals surface area contributed by atoms with E-state index in [1.807, 2.05) is 0 Å². The predicted molar refractivity (Wildman–Crippen MR) is 79.5 cm³/mol. The van der Waals surface area contributed by atoms with Crippen molar-refractivity contribution >= 4 is 30.5 Å². The molecule has 1 aromatic heterocycles. The average molecular weight is 340 g/mol. The first-order valence-electron chi connectivity index (χ1n) is 6.90. The Labute approximate surface area is 137 Å². The Balaban J connectivity index is 1.81. The summed E-state index contributed by atoms with van der Waals surface area (Å²) < 4.78 is 0. The third kappa shape index (κ3) is 4.34. The molecule has 0 saturated carbocycles. The molecule has 1 atom stereocenters. The smallest absolute Gasteiger partial charge is 0.407 e. The molecule has 1 aliphatic heterocycles. The van der Waals surface area contributed by atoms with Crippen molar-refractivity contribution in [3.05, 3.63) is 11.6 Å². The molecule has 124 valence electrons. The zero-order chi connectivity index (χ0) is 17.0. The quantitative estimate of drug-likeness (QED) is 0.517. The Bertz CT molecular complexity index is 610. The zero-order valence-corrected chi connectivity index (χ0v) is 13.3. The number of aryl methyl sites for hydroxylation is 1. The summed E-state index contributed by atoms with van der Waals surface area (Å²) in [4.78, 5) is 36.1. The van der Waals surface area contributed by atoms with Gasteiger partial charge in [0.2, 0.25) is 11.8 Å². The van der Waals surface area contributed by atoms with Gasteiger partial charge in [0.25, 0.3) is 0 Å². The first kappa shape index (κ1) is 17.1. The molecule has 1 saturated heterocycles. The van der Waals surface area contributed by atoms with Gasteiger partial charge in [-0.3, -0.25) is 14.5 Å². The summed E-state index contributed by atoms with van der Waals surface area (Å²) in [5.41, 5.74) is 0. The summed E-state index contributed by atoms with van der Waals surface area (Å²) in [6, 6.07) is 0. The van der Waals surface area contributed by atoms with Crippen molar-refractivity contribution in [2.45, 2.75) is 31.1 Å². The van der Waals surface area contributed by atoms with Gasteiger partial charge in [-0.2, -0.15) is 12.6 Å². The predicted octanol–water partition coefficient (Wildman–Crippen LogP) is -0.634. The number of hydrogen-bond donors (Lipinski definition) is 2. The summed E-state index contributed by atoms with van der Waals surface area (Å²) in [6.07, 6.45) is -0.0630. The standard InChI is InChI=1S/C12H16N6O4S/c1-17(12(21)22)6-9-15-13-8(14-16-9)3-2-4-18-10(19)5-7(23)11(18)20/h7,23H,2-6H2,1H3,(H,21,22). The van der Waals surface area contributed by atoms with Crippen molar-refractivity contribution in [3.63, 3.8) is 0 Å². The van der Waals surface area contributed by atoms with Crippen LogP contribution in [-0.2, 0) is 22.6 Å². The number of nitrogens with zero attached hydrogens (tertiary/aromatic N) is 6. The van der Waals surface area contributed by atoms with E-state index in [1.165, 1.54) is 11.9 Å². The topological polar surface area (TPSA) is 129 Å². The molecule has 0 bridgehead atoms. The molecule has 0 radical (unpaired) electrons. The molecule has 1 aliphatic rings. The van der Waals surface area contributed by atoms with Crippen LogP contribution in [0, 0.1) is 0 Å². The Morgan fingerprint density at radius 2 is 1.91 bits per heavy atom. The number of thiol groups is 1. The summed E-state index contributed by atoms with van der Waals surface area (Å²) in [5, 5.41) is 23.5. The van der Waals surface area contributed by atoms with Crippen molar-refractivity contribution in [2.24, 2.45) is 0 Å². The zero-order valence-electron chi connectivity index (χ0n) is 12.4. The van der Waals surface area contributed by atoms with Gasteiger partial charge in [0.05, 0.1) is 11.8 Å². The maximum absolute atomic E-state index is 11.7. The van der Waals surface area contributed by atoms with Crippen LogP contribution in [0.3, 0.4) is 0 Å². The van der Waals surface area contributed by atoms with Gasteiger partial charge in [-0.05, 0) is 6.42 Å². The minimum atomic E-state index is -1.10. The number of carboxylic acid groups (broad SMARTS) is 1. The van der Waals surface area contributed by atoms with E-state index in [0.29, 0.717) is 18.7 Å². The monoisotopic (exact) mass is 340 g/mol. The van der Waals surface area contributed by atoms with Crippen molar-refractivity contribution in [1.29, 1.82) is 0 Å². The van der Waals surface area contributed by atoms with Crippen LogP contribution >= 0.6 is 12.6 Å². The summed E-state index contributed by atoms with van der Waals surface area (Å²) in [6.45, 7) is 0.275. The Hall–Kier alpha value is -2.30. The van der Waals surface area contributed by atoms with Crippen LogP contribution in [0.1, 0.15) is 24.5 Å². The maximum Gasteiger partial charge on any atom is 0.407 e. The van der Waals surface area contributed by atoms with E-state index in [2.05, 4.69) is 33.0 Å². The third-order valence-corrected chi connectivity index (χ3v) is 3.67. The van der Waals surface area contributed by atoms with Crippen LogP contribution in [0.2, 0.25) is 0 Å². The van der Waals surface area contributed by atoms with Crippen LogP contribution in [0.5, 0.6) is 0 Å². The van der Waals surface area contributed by atoms with Crippen molar-refractivity contribution in [3.8, 4) is 0 Å².